The molecule has 1 atom stereocenters. The molecule has 1 aromatic carbocycles. The molecule has 1 nitrogen and oxygen atoms in total. The van der Waals surface area contributed by atoms with Crippen molar-refractivity contribution in [3.8, 4) is 0 Å². The first kappa shape index (κ1) is 11.8. The summed E-state index contributed by atoms with van der Waals surface area (Å²) in [6.45, 7) is 2.54. The molecule has 0 saturated heterocycles. The van der Waals surface area contributed by atoms with Crippen molar-refractivity contribution in [2.45, 2.75) is 31.0 Å². The van der Waals surface area contributed by atoms with Crippen molar-refractivity contribution >= 4 is 19.4 Å². The fourth-order valence-electron chi connectivity index (χ4n) is 1.31. The summed E-state index contributed by atoms with van der Waals surface area (Å²) in [7, 11) is 0. The van der Waals surface area contributed by atoms with Gasteiger partial charge in [-0.1, -0.05) is 0 Å². The van der Waals surface area contributed by atoms with Crippen LogP contribution in [0.25, 0.3) is 0 Å². The molecule has 0 amide bonds. The van der Waals surface area contributed by atoms with Gasteiger partial charge >= 0.3 is 92.5 Å². The van der Waals surface area contributed by atoms with E-state index in [4.69, 9.17) is 0 Å². The van der Waals surface area contributed by atoms with Gasteiger partial charge < -0.3 is 0 Å². The van der Waals surface area contributed by atoms with Gasteiger partial charge in [0.15, 0.2) is 0 Å². The van der Waals surface area contributed by atoms with Crippen LogP contribution in [0.15, 0.2) is 30.3 Å². The summed E-state index contributed by atoms with van der Waals surface area (Å²) < 4.78 is 1.40. The minimum atomic E-state index is 0.342. The molecule has 1 N–H and O–H groups in total. The molecule has 1 rings (SSSR count). The molecule has 0 radical (unpaired) electrons. The quantitative estimate of drug-likeness (QED) is 0.773. The van der Waals surface area contributed by atoms with E-state index in [2.05, 4.69) is 31.2 Å². The summed E-state index contributed by atoms with van der Waals surface area (Å²) in [6.07, 6.45) is 3.63. The van der Waals surface area contributed by atoms with E-state index in [9.17, 15) is 5.11 Å². The Kier molecular flexibility index (Phi) is 5.93. The van der Waals surface area contributed by atoms with E-state index >= 15 is 0 Å². The summed E-state index contributed by atoms with van der Waals surface area (Å²) >= 11 is 0.436. The summed E-state index contributed by atoms with van der Waals surface area (Å²) in [4.78, 5) is 0.504. The molecular formula is C12H18OSe. The van der Waals surface area contributed by atoms with E-state index < -0.39 is 0 Å². The van der Waals surface area contributed by atoms with Crippen molar-refractivity contribution in [1.82, 2.24) is 0 Å². The Labute approximate surface area is 92.7 Å². The van der Waals surface area contributed by atoms with Gasteiger partial charge in [0.25, 0.3) is 0 Å². The SMILES string of the molecule is CCCC[C@@H](CO)[Se]c1ccccc1. The molecule has 0 spiro atoms. The monoisotopic (exact) mass is 258 g/mol. The zero-order chi connectivity index (χ0) is 10.2. The fraction of sp³-hybridized carbons (Fsp3) is 0.500. The molecule has 0 aliphatic rings. The van der Waals surface area contributed by atoms with Crippen LogP contribution in [0.2, 0.25) is 4.82 Å². The first-order chi connectivity index (χ1) is 6.86. The molecule has 0 saturated carbocycles. The predicted molar refractivity (Wildman–Crippen MR) is 62.2 cm³/mol. The van der Waals surface area contributed by atoms with Crippen LogP contribution in [0.1, 0.15) is 26.2 Å². The second-order valence-corrected chi connectivity index (χ2v) is 6.26. The normalized spacial score (nSPS) is 12.7. The van der Waals surface area contributed by atoms with Gasteiger partial charge in [-0.2, -0.15) is 0 Å². The third kappa shape index (κ3) is 4.28. The molecule has 0 aliphatic heterocycles. The first-order valence-electron chi connectivity index (χ1n) is 5.19. The second-order valence-electron chi connectivity index (χ2n) is 3.38. The molecule has 0 aromatic heterocycles. The van der Waals surface area contributed by atoms with Crippen molar-refractivity contribution in [3.05, 3.63) is 30.3 Å². The number of aliphatic hydroxyl groups is 1. The molecular weight excluding hydrogens is 239 g/mol. The van der Waals surface area contributed by atoms with Crippen LogP contribution in [0, 0.1) is 0 Å². The number of rotatable bonds is 6. The van der Waals surface area contributed by atoms with Crippen LogP contribution in [0.4, 0.5) is 0 Å². The maximum atomic E-state index is 9.23. The van der Waals surface area contributed by atoms with Gasteiger partial charge in [-0.05, 0) is 0 Å². The third-order valence-corrected chi connectivity index (χ3v) is 4.78. The van der Waals surface area contributed by atoms with Crippen molar-refractivity contribution in [1.29, 1.82) is 0 Å². The van der Waals surface area contributed by atoms with E-state index in [1.807, 2.05) is 6.07 Å². The van der Waals surface area contributed by atoms with Crippen LogP contribution >= 0.6 is 0 Å². The Morgan fingerprint density at radius 1 is 1.29 bits per heavy atom. The average Bonchev–Trinajstić information content (AvgIpc) is 2.25. The number of benzene rings is 1. The summed E-state index contributed by atoms with van der Waals surface area (Å²) in [6, 6.07) is 10.5. The predicted octanol–water partition coefficient (Wildman–Crippen LogP) is 1.99. The van der Waals surface area contributed by atoms with Gasteiger partial charge in [-0.25, -0.2) is 0 Å². The van der Waals surface area contributed by atoms with Crippen LogP contribution < -0.4 is 4.46 Å². The molecule has 1 aromatic rings. The summed E-state index contributed by atoms with van der Waals surface area (Å²) in [5.74, 6) is 0. The molecule has 0 heterocycles. The Hall–Kier alpha value is -0.301. The minimum absolute atomic E-state index is 0.342. The molecule has 14 heavy (non-hydrogen) atoms. The van der Waals surface area contributed by atoms with Gasteiger partial charge in [-0.15, -0.1) is 0 Å². The number of unbranched alkanes of at least 4 members (excludes halogenated alkanes) is 1. The van der Waals surface area contributed by atoms with Gasteiger partial charge in [0.1, 0.15) is 0 Å². The standard InChI is InChI=1S/C12H18OSe/c1-2-3-7-12(10-13)14-11-8-5-4-6-9-11/h4-6,8-9,12-13H,2-3,7,10H2,1H3/t12-/m0/s1. The molecule has 0 bridgehead atoms. The van der Waals surface area contributed by atoms with Gasteiger partial charge in [0, 0.05) is 0 Å². The van der Waals surface area contributed by atoms with Crippen LogP contribution in [0.5, 0.6) is 0 Å². The van der Waals surface area contributed by atoms with E-state index in [-0.39, 0.29) is 0 Å². The molecule has 0 unspecified atom stereocenters. The second kappa shape index (κ2) is 7.05. The van der Waals surface area contributed by atoms with E-state index in [0.29, 0.717) is 26.4 Å². The fourth-order valence-corrected chi connectivity index (χ4v) is 3.53. The van der Waals surface area contributed by atoms with Gasteiger partial charge in [0.2, 0.25) is 0 Å². The van der Waals surface area contributed by atoms with Crippen LogP contribution in [-0.4, -0.2) is 26.7 Å². The maximum absolute atomic E-state index is 9.23. The van der Waals surface area contributed by atoms with Crippen molar-refractivity contribution in [3.63, 3.8) is 0 Å². The zero-order valence-electron chi connectivity index (χ0n) is 8.65. The van der Waals surface area contributed by atoms with E-state index in [1.165, 1.54) is 23.7 Å². The molecule has 0 fully saturated rings. The summed E-state index contributed by atoms with van der Waals surface area (Å²) in [5, 5.41) is 9.23. The topological polar surface area (TPSA) is 20.2 Å². The van der Waals surface area contributed by atoms with Crippen LogP contribution in [0.3, 0.4) is 0 Å². The van der Waals surface area contributed by atoms with E-state index in [1.54, 1.807) is 0 Å². The first-order valence-corrected chi connectivity index (χ1v) is 7.04. The summed E-state index contributed by atoms with van der Waals surface area (Å²) in [5.41, 5.74) is 0. The Morgan fingerprint density at radius 3 is 2.57 bits per heavy atom. The van der Waals surface area contributed by atoms with Crippen molar-refractivity contribution in [2.24, 2.45) is 0 Å². The number of aliphatic hydroxyl groups excluding tert-OH is 1. The molecule has 2 heteroatoms. The van der Waals surface area contributed by atoms with Gasteiger partial charge in [0.05, 0.1) is 0 Å². The molecule has 0 aliphatic carbocycles. The Morgan fingerprint density at radius 2 is 2.00 bits per heavy atom. The van der Waals surface area contributed by atoms with Gasteiger partial charge in [-0.3, -0.25) is 0 Å². The average molecular weight is 257 g/mol. The number of hydrogen-bond acceptors (Lipinski definition) is 1. The Bertz CT molecular complexity index is 235. The van der Waals surface area contributed by atoms with Crippen molar-refractivity contribution < 1.29 is 5.11 Å². The van der Waals surface area contributed by atoms with E-state index in [0.717, 1.165) is 0 Å². The third-order valence-electron chi connectivity index (χ3n) is 2.13. The Balaban J connectivity index is 2.40. The van der Waals surface area contributed by atoms with Crippen molar-refractivity contribution in [2.75, 3.05) is 6.61 Å². The van der Waals surface area contributed by atoms with Crippen LogP contribution in [-0.2, 0) is 0 Å². The zero-order valence-corrected chi connectivity index (χ0v) is 10.4. The number of hydrogen-bond donors (Lipinski definition) is 1. The molecule has 78 valence electrons.